The SMILES string of the molecule is CCOc1ccccc1CCC(=O)NC1C2CC3CC(C2)CC1C3. The van der Waals surface area contributed by atoms with E-state index >= 15 is 0 Å². The summed E-state index contributed by atoms with van der Waals surface area (Å²) in [6.07, 6.45) is 8.19. The van der Waals surface area contributed by atoms with Crippen LogP contribution in [0.1, 0.15) is 51.0 Å². The van der Waals surface area contributed by atoms with Gasteiger partial charge < -0.3 is 10.1 Å². The van der Waals surface area contributed by atoms with Gasteiger partial charge in [-0.15, -0.1) is 0 Å². The summed E-state index contributed by atoms with van der Waals surface area (Å²) < 4.78 is 5.66. The predicted molar refractivity (Wildman–Crippen MR) is 94.9 cm³/mol. The van der Waals surface area contributed by atoms with Gasteiger partial charge in [0.1, 0.15) is 5.75 Å². The smallest absolute Gasteiger partial charge is 0.220 e. The van der Waals surface area contributed by atoms with E-state index in [9.17, 15) is 4.79 Å². The Labute approximate surface area is 145 Å². The van der Waals surface area contributed by atoms with Crippen LogP contribution in [0.5, 0.6) is 5.75 Å². The van der Waals surface area contributed by atoms with Crippen molar-refractivity contribution in [1.29, 1.82) is 0 Å². The van der Waals surface area contributed by atoms with Gasteiger partial charge in [0.25, 0.3) is 0 Å². The first-order valence-electron chi connectivity index (χ1n) is 9.73. The van der Waals surface area contributed by atoms with Gasteiger partial charge in [-0.05, 0) is 80.8 Å². The third-order valence-electron chi connectivity index (χ3n) is 6.45. The van der Waals surface area contributed by atoms with E-state index in [2.05, 4.69) is 11.4 Å². The first-order valence-corrected chi connectivity index (χ1v) is 9.73. The molecule has 0 saturated heterocycles. The second kappa shape index (κ2) is 6.78. The number of hydrogen-bond acceptors (Lipinski definition) is 2. The van der Waals surface area contributed by atoms with Crippen LogP contribution in [0.15, 0.2) is 24.3 Å². The van der Waals surface area contributed by atoms with Gasteiger partial charge in [-0.1, -0.05) is 18.2 Å². The fraction of sp³-hybridized carbons (Fsp3) is 0.667. The van der Waals surface area contributed by atoms with E-state index < -0.39 is 0 Å². The maximum absolute atomic E-state index is 12.5. The fourth-order valence-electron chi connectivity index (χ4n) is 5.67. The van der Waals surface area contributed by atoms with Crippen LogP contribution in [0, 0.1) is 23.7 Å². The summed E-state index contributed by atoms with van der Waals surface area (Å²) in [6, 6.07) is 8.53. The minimum Gasteiger partial charge on any atom is -0.494 e. The molecule has 0 aromatic heterocycles. The van der Waals surface area contributed by atoms with Crippen molar-refractivity contribution in [3.8, 4) is 5.75 Å². The van der Waals surface area contributed by atoms with Crippen molar-refractivity contribution in [2.75, 3.05) is 6.61 Å². The van der Waals surface area contributed by atoms with Gasteiger partial charge in [-0.2, -0.15) is 0 Å². The van der Waals surface area contributed by atoms with Crippen LogP contribution in [0.4, 0.5) is 0 Å². The number of benzene rings is 1. The molecule has 24 heavy (non-hydrogen) atoms. The average Bonchev–Trinajstić information content (AvgIpc) is 2.57. The lowest BCUT2D eigenvalue weighted by atomic mass is 9.54. The number of carbonyl (C=O) groups is 1. The van der Waals surface area contributed by atoms with Crippen molar-refractivity contribution < 1.29 is 9.53 Å². The number of hydrogen-bond donors (Lipinski definition) is 1. The molecule has 0 aliphatic heterocycles. The number of rotatable bonds is 6. The van der Waals surface area contributed by atoms with Crippen LogP contribution in [0.2, 0.25) is 0 Å². The number of ether oxygens (including phenoxy) is 1. The lowest BCUT2D eigenvalue weighted by Crippen LogP contribution is -2.55. The highest BCUT2D eigenvalue weighted by Crippen LogP contribution is 2.53. The highest BCUT2D eigenvalue weighted by molar-refractivity contribution is 5.76. The minimum atomic E-state index is 0.221. The van der Waals surface area contributed by atoms with Gasteiger partial charge in [0.05, 0.1) is 6.61 Å². The zero-order valence-electron chi connectivity index (χ0n) is 14.7. The Morgan fingerprint density at radius 2 is 1.75 bits per heavy atom. The van der Waals surface area contributed by atoms with Crippen LogP contribution in [0.25, 0.3) is 0 Å². The molecule has 0 unspecified atom stereocenters. The summed E-state index contributed by atoms with van der Waals surface area (Å²) in [5, 5.41) is 3.40. The van der Waals surface area contributed by atoms with Crippen LogP contribution in [-0.2, 0) is 11.2 Å². The summed E-state index contributed by atoms with van der Waals surface area (Å²) in [6.45, 7) is 2.66. The van der Waals surface area contributed by atoms with E-state index in [1.165, 1.54) is 32.1 Å². The molecule has 1 aromatic rings. The summed E-state index contributed by atoms with van der Waals surface area (Å²) in [5.41, 5.74) is 1.14. The van der Waals surface area contributed by atoms with Gasteiger partial charge in [-0.3, -0.25) is 4.79 Å². The molecule has 4 fully saturated rings. The molecule has 0 atom stereocenters. The number of para-hydroxylation sites is 1. The Bertz CT molecular complexity index is 569. The van der Waals surface area contributed by atoms with E-state index in [4.69, 9.17) is 4.74 Å². The summed E-state index contributed by atoms with van der Waals surface area (Å²) in [4.78, 5) is 12.5. The Balaban J connectivity index is 1.33. The van der Waals surface area contributed by atoms with E-state index in [0.29, 0.717) is 19.1 Å². The van der Waals surface area contributed by atoms with E-state index in [1.807, 2.05) is 25.1 Å². The van der Waals surface area contributed by atoms with Crippen molar-refractivity contribution in [1.82, 2.24) is 5.32 Å². The predicted octanol–water partition coefficient (Wildman–Crippen LogP) is 3.96. The topological polar surface area (TPSA) is 38.3 Å². The first-order chi connectivity index (χ1) is 11.7. The maximum Gasteiger partial charge on any atom is 0.220 e. The molecule has 3 nitrogen and oxygen atoms in total. The molecule has 1 aromatic carbocycles. The number of amides is 1. The molecule has 5 rings (SSSR count). The monoisotopic (exact) mass is 327 g/mol. The maximum atomic E-state index is 12.5. The molecule has 1 N–H and O–H groups in total. The molecular weight excluding hydrogens is 298 g/mol. The molecule has 0 heterocycles. The zero-order chi connectivity index (χ0) is 16.5. The molecule has 0 spiro atoms. The minimum absolute atomic E-state index is 0.221. The molecular formula is C21H29NO2. The summed E-state index contributed by atoms with van der Waals surface area (Å²) >= 11 is 0. The standard InChI is InChI=1S/C21H29NO2/c1-2-24-19-6-4-3-5-16(19)7-8-20(23)22-21-17-10-14-9-15(12-17)13-18(21)11-14/h3-6,14-15,17-18,21H,2,7-13H2,1H3,(H,22,23). The van der Waals surface area contributed by atoms with Crippen LogP contribution in [0.3, 0.4) is 0 Å². The Morgan fingerprint density at radius 1 is 1.08 bits per heavy atom. The summed E-state index contributed by atoms with van der Waals surface area (Å²) in [7, 11) is 0. The van der Waals surface area contributed by atoms with E-state index in [-0.39, 0.29) is 5.91 Å². The molecule has 4 aliphatic carbocycles. The van der Waals surface area contributed by atoms with Crippen molar-refractivity contribution in [2.45, 2.75) is 57.9 Å². The van der Waals surface area contributed by atoms with Gasteiger partial charge in [-0.25, -0.2) is 0 Å². The highest BCUT2D eigenvalue weighted by Gasteiger charge is 2.48. The first kappa shape index (κ1) is 16.0. The Kier molecular flexibility index (Phi) is 4.51. The van der Waals surface area contributed by atoms with Gasteiger partial charge in [0.15, 0.2) is 0 Å². The third-order valence-corrected chi connectivity index (χ3v) is 6.45. The fourth-order valence-corrected chi connectivity index (χ4v) is 5.67. The van der Waals surface area contributed by atoms with Crippen LogP contribution in [-0.4, -0.2) is 18.6 Å². The molecule has 0 radical (unpaired) electrons. The lowest BCUT2D eigenvalue weighted by Gasteiger charge is -2.54. The van der Waals surface area contributed by atoms with Crippen molar-refractivity contribution in [3.63, 3.8) is 0 Å². The highest BCUT2D eigenvalue weighted by atomic mass is 16.5. The lowest BCUT2D eigenvalue weighted by molar-refractivity contribution is -0.125. The van der Waals surface area contributed by atoms with Gasteiger partial charge >= 0.3 is 0 Å². The number of aryl methyl sites for hydroxylation is 1. The Hall–Kier alpha value is -1.51. The van der Waals surface area contributed by atoms with Gasteiger partial charge in [0.2, 0.25) is 5.91 Å². The zero-order valence-corrected chi connectivity index (χ0v) is 14.7. The normalized spacial score (nSPS) is 33.5. The van der Waals surface area contributed by atoms with Crippen molar-refractivity contribution in [3.05, 3.63) is 29.8 Å². The largest absolute Gasteiger partial charge is 0.494 e. The van der Waals surface area contributed by atoms with Crippen molar-refractivity contribution in [2.24, 2.45) is 23.7 Å². The Morgan fingerprint density at radius 3 is 2.42 bits per heavy atom. The number of carbonyl (C=O) groups excluding carboxylic acids is 1. The van der Waals surface area contributed by atoms with Crippen molar-refractivity contribution >= 4 is 5.91 Å². The van der Waals surface area contributed by atoms with Crippen LogP contribution >= 0.6 is 0 Å². The summed E-state index contributed by atoms with van der Waals surface area (Å²) in [5.74, 6) is 4.56. The second-order valence-electron chi connectivity index (χ2n) is 8.06. The average molecular weight is 327 g/mol. The van der Waals surface area contributed by atoms with E-state index in [1.54, 1.807) is 0 Å². The van der Waals surface area contributed by atoms with Gasteiger partial charge in [0, 0.05) is 12.5 Å². The molecule has 3 heteroatoms. The molecule has 4 aliphatic rings. The molecule has 4 bridgehead atoms. The second-order valence-corrected chi connectivity index (χ2v) is 8.06. The van der Waals surface area contributed by atoms with Crippen LogP contribution < -0.4 is 10.1 Å². The quantitative estimate of drug-likeness (QED) is 0.859. The molecule has 1 amide bonds. The van der Waals surface area contributed by atoms with E-state index in [0.717, 1.165) is 41.4 Å². The number of nitrogens with one attached hydrogen (secondary N) is 1. The molecule has 4 saturated carbocycles. The third kappa shape index (κ3) is 3.18. The molecule has 130 valence electrons.